The van der Waals surface area contributed by atoms with Crippen molar-refractivity contribution in [2.24, 2.45) is 0 Å². The highest BCUT2D eigenvalue weighted by atomic mass is 32.1. The van der Waals surface area contributed by atoms with E-state index in [0.717, 1.165) is 30.0 Å². The SMILES string of the molecule is CCN(CC)CCOC(=O)c1ccc(NC=C(C#N)c2nc(-c3ccc(OC)c(OC)c3)cs2)cc1. The van der Waals surface area contributed by atoms with E-state index in [9.17, 15) is 10.1 Å². The molecule has 0 bridgehead atoms. The van der Waals surface area contributed by atoms with Crippen molar-refractivity contribution in [2.75, 3.05) is 45.8 Å². The van der Waals surface area contributed by atoms with E-state index in [4.69, 9.17) is 14.2 Å². The highest BCUT2D eigenvalue weighted by Crippen LogP contribution is 2.33. The van der Waals surface area contributed by atoms with Gasteiger partial charge >= 0.3 is 5.97 Å². The summed E-state index contributed by atoms with van der Waals surface area (Å²) in [5.41, 5.74) is 3.20. The zero-order valence-corrected chi connectivity index (χ0v) is 21.7. The summed E-state index contributed by atoms with van der Waals surface area (Å²) in [6, 6.07) is 14.7. The molecule has 0 aliphatic heterocycles. The number of anilines is 1. The average molecular weight is 507 g/mol. The summed E-state index contributed by atoms with van der Waals surface area (Å²) in [6.45, 7) is 7.07. The second-order valence-corrected chi connectivity index (χ2v) is 8.52. The molecular formula is C27H30N4O4S. The minimum atomic E-state index is -0.354. The van der Waals surface area contributed by atoms with Crippen LogP contribution in [0.2, 0.25) is 0 Å². The van der Waals surface area contributed by atoms with Crippen LogP contribution >= 0.6 is 11.3 Å². The smallest absolute Gasteiger partial charge is 0.338 e. The highest BCUT2D eigenvalue weighted by Gasteiger charge is 2.12. The number of hydrogen-bond acceptors (Lipinski definition) is 9. The quantitative estimate of drug-likeness (QED) is 0.261. The molecule has 1 N–H and O–H groups in total. The van der Waals surface area contributed by atoms with Crippen molar-refractivity contribution in [2.45, 2.75) is 13.8 Å². The van der Waals surface area contributed by atoms with E-state index in [1.54, 1.807) is 44.7 Å². The van der Waals surface area contributed by atoms with Gasteiger partial charge in [0.15, 0.2) is 11.5 Å². The number of thiazole rings is 1. The number of nitriles is 1. The van der Waals surface area contributed by atoms with Crippen molar-refractivity contribution in [1.29, 1.82) is 5.26 Å². The fourth-order valence-corrected chi connectivity index (χ4v) is 4.21. The number of rotatable bonds is 12. The van der Waals surface area contributed by atoms with Gasteiger partial charge in [0.1, 0.15) is 23.3 Å². The van der Waals surface area contributed by atoms with Crippen molar-refractivity contribution in [3.63, 3.8) is 0 Å². The first-order valence-electron chi connectivity index (χ1n) is 11.6. The highest BCUT2D eigenvalue weighted by molar-refractivity contribution is 7.11. The van der Waals surface area contributed by atoms with Gasteiger partial charge in [-0.15, -0.1) is 11.3 Å². The summed E-state index contributed by atoms with van der Waals surface area (Å²) < 4.78 is 16.0. The molecule has 0 amide bonds. The van der Waals surface area contributed by atoms with Crippen LogP contribution in [-0.2, 0) is 4.74 Å². The molecule has 9 heteroatoms. The van der Waals surface area contributed by atoms with Gasteiger partial charge in [0, 0.05) is 29.4 Å². The van der Waals surface area contributed by atoms with Crippen molar-refractivity contribution >= 4 is 28.6 Å². The summed E-state index contributed by atoms with van der Waals surface area (Å²) in [6.07, 6.45) is 1.61. The molecule has 2 aromatic carbocycles. The third-order valence-electron chi connectivity index (χ3n) is 5.57. The van der Waals surface area contributed by atoms with Gasteiger partial charge in [0.05, 0.1) is 25.5 Å². The number of aromatic nitrogens is 1. The van der Waals surface area contributed by atoms with Crippen LogP contribution in [0.3, 0.4) is 0 Å². The Morgan fingerprint density at radius 3 is 2.47 bits per heavy atom. The molecule has 1 aromatic heterocycles. The Bertz CT molecular complexity index is 1230. The van der Waals surface area contributed by atoms with Crippen LogP contribution in [0.15, 0.2) is 54.0 Å². The van der Waals surface area contributed by atoms with Crippen molar-refractivity contribution in [3.8, 4) is 28.8 Å². The van der Waals surface area contributed by atoms with E-state index in [2.05, 4.69) is 35.1 Å². The number of esters is 1. The van der Waals surface area contributed by atoms with Gasteiger partial charge in [-0.3, -0.25) is 0 Å². The number of methoxy groups -OCH3 is 2. The van der Waals surface area contributed by atoms with E-state index in [0.29, 0.717) is 40.8 Å². The topological polar surface area (TPSA) is 96.7 Å². The molecule has 0 atom stereocenters. The minimum absolute atomic E-state index is 0.354. The van der Waals surface area contributed by atoms with Crippen LogP contribution < -0.4 is 14.8 Å². The number of nitrogens with zero attached hydrogens (tertiary/aromatic N) is 3. The number of nitrogens with one attached hydrogen (secondary N) is 1. The van der Waals surface area contributed by atoms with E-state index in [1.807, 2.05) is 23.6 Å². The predicted octanol–water partition coefficient (Wildman–Crippen LogP) is 5.30. The van der Waals surface area contributed by atoms with Crippen LogP contribution in [0.25, 0.3) is 16.8 Å². The zero-order chi connectivity index (χ0) is 25.9. The Labute approximate surface area is 215 Å². The van der Waals surface area contributed by atoms with Crippen molar-refractivity contribution < 1.29 is 19.0 Å². The molecule has 0 saturated carbocycles. The lowest BCUT2D eigenvalue weighted by molar-refractivity contribution is 0.0466. The maximum absolute atomic E-state index is 12.3. The van der Waals surface area contributed by atoms with Gasteiger partial charge in [-0.25, -0.2) is 9.78 Å². The largest absolute Gasteiger partial charge is 0.493 e. The second-order valence-electron chi connectivity index (χ2n) is 7.66. The number of carbonyl (C=O) groups is 1. The van der Waals surface area contributed by atoms with Gasteiger partial charge in [-0.1, -0.05) is 13.8 Å². The zero-order valence-electron chi connectivity index (χ0n) is 20.9. The first-order valence-corrected chi connectivity index (χ1v) is 12.5. The van der Waals surface area contributed by atoms with Gasteiger partial charge in [0.2, 0.25) is 0 Å². The number of allylic oxidation sites excluding steroid dienone is 1. The molecule has 1 heterocycles. The third-order valence-corrected chi connectivity index (χ3v) is 6.45. The molecule has 8 nitrogen and oxygen atoms in total. The molecular weight excluding hydrogens is 476 g/mol. The summed E-state index contributed by atoms with van der Waals surface area (Å²) in [5.74, 6) is 0.892. The number of carbonyl (C=O) groups excluding carboxylic acids is 1. The molecule has 188 valence electrons. The summed E-state index contributed by atoms with van der Waals surface area (Å²) in [5, 5.41) is 15.2. The fourth-order valence-electron chi connectivity index (χ4n) is 3.42. The van der Waals surface area contributed by atoms with Crippen LogP contribution in [0, 0.1) is 11.3 Å². The second kappa shape index (κ2) is 13.3. The van der Waals surface area contributed by atoms with Gasteiger partial charge in [0.25, 0.3) is 0 Å². The molecule has 0 spiro atoms. The monoisotopic (exact) mass is 506 g/mol. The lowest BCUT2D eigenvalue weighted by Gasteiger charge is -2.17. The molecule has 0 fully saturated rings. The molecule has 3 rings (SSSR count). The molecule has 0 aliphatic rings. The van der Waals surface area contributed by atoms with E-state index >= 15 is 0 Å². The number of benzene rings is 2. The molecule has 36 heavy (non-hydrogen) atoms. The number of likely N-dealkylation sites (N-methyl/N-ethyl adjacent to an activating group) is 1. The van der Waals surface area contributed by atoms with Crippen molar-refractivity contribution in [1.82, 2.24) is 9.88 Å². The maximum Gasteiger partial charge on any atom is 0.338 e. The predicted molar refractivity (Wildman–Crippen MR) is 142 cm³/mol. The van der Waals surface area contributed by atoms with Gasteiger partial charge in [-0.2, -0.15) is 5.26 Å². The Balaban J connectivity index is 1.64. The van der Waals surface area contributed by atoms with Crippen molar-refractivity contribution in [3.05, 3.63) is 64.6 Å². The molecule has 3 aromatic rings. The third kappa shape index (κ3) is 6.84. The molecule has 0 saturated heterocycles. The van der Waals surface area contributed by atoms with Crippen LogP contribution in [-0.4, -0.2) is 56.3 Å². The van der Waals surface area contributed by atoms with E-state index in [-0.39, 0.29) is 5.97 Å². The Morgan fingerprint density at radius 1 is 1.11 bits per heavy atom. The molecule has 0 aliphatic carbocycles. The van der Waals surface area contributed by atoms with Gasteiger partial charge < -0.3 is 24.4 Å². The van der Waals surface area contributed by atoms with E-state index < -0.39 is 0 Å². The minimum Gasteiger partial charge on any atom is -0.493 e. The molecule has 0 radical (unpaired) electrons. The summed E-state index contributed by atoms with van der Waals surface area (Å²) in [4.78, 5) is 19.1. The standard InChI is InChI=1S/C27H30N4O4S/c1-5-31(6-2)13-14-35-27(32)19-7-10-22(11-8-19)29-17-21(16-28)26-30-23(18-36-26)20-9-12-24(33-3)25(15-20)34-4/h7-12,15,17-18,29H,5-6,13-14H2,1-4H3. The normalized spacial score (nSPS) is 11.2. The maximum atomic E-state index is 12.3. The Morgan fingerprint density at radius 2 is 1.83 bits per heavy atom. The lowest BCUT2D eigenvalue weighted by atomic mass is 10.1. The van der Waals surface area contributed by atoms with E-state index in [1.165, 1.54) is 11.3 Å². The average Bonchev–Trinajstić information content (AvgIpc) is 3.41. The first-order chi connectivity index (χ1) is 17.5. The fraction of sp³-hybridized carbons (Fsp3) is 0.296. The molecule has 0 unspecified atom stereocenters. The first kappa shape index (κ1) is 26.7. The summed E-state index contributed by atoms with van der Waals surface area (Å²) in [7, 11) is 3.17. The van der Waals surface area contributed by atoms with Crippen LogP contribution in [0.5, 0.6) is 11.5 Å². The number of ether oxygens (including phenoxy) is 3. The van der Waals surface area contributed by atoms with Gasteiger partial charge in [-0.05, 0) is 55.6 Å². The lowest BCUT2D eigenvalue weighted by Crippen LogP contribution is -2.27. The summed E-state index contributed by atoms with van der Waals surface area (Å²) >= 11 is 1.38. The Hall–Kier alpha value is -3.87. The Kier molecular flexibility index (Phi) is 9.86. The number of hydrogen-bond donors (Lipinski definition) is 1. The van der Waals surface area contributed by atoms with Crippen LogP contribution in [0.1, 0.15) is 29.2 Å². The van der Waals surface area contributed by atoms with Crippen LogP contribution in [0.4, 0.5) is 5.69 Å².